The van der Waals surface area contributed by atoms with Gasteiger partial charge in [-0.15, -0.1) is 11.8 Å². The molecule has 2 aromatic rings. The van der Waals surface area contributed by atoms with Crippen molar-refractivity contribution < 1.29 is 9.72 Å². The number of anilines is 1. The highest BCUT2D eigenvalue weighted by molar-refractivity contribution is 7.98. The van der Waals surface area contributed by atoms with Gasteiger partial charge < -0.3 is 5.32 Å². The number of benzene rings is 2. The van der Waals surface area contributed by atoms with Gasteiger partial charge in [0, 0.05) is 28.5 Å². The molecular formula is C15H12N2O3S. The Kier molecular flexibility index (Phi) is 3.62. The van der Waals surface area contributed by atoms with Crippen LogP contribution in [-0.2, 0) is 17.0 Å². The minimum Gasteiger partial charge on any atom is -0.325 e. The molecule has 0 saturated heterocycles. The third-order valence-electron chi connectivity index (χ3n) is 3.29. The molecule has 0 aromatic heterocycles. The Bertz CT molecular complexity index is 713. The fourth-order valence-electron chi connectivity index (χ4n) is 2.23. The summed E-state index contributed by atoms with van der Waals surface area (Å²) in [5, 5.41) is 13.4. The molecule has 5 nitrogen and oxygen atoms in total. The predicted octanol–water partition coefficient (Wildman–Crippen LogP) is 3.38. The van der Waals surface area contributed by atoms with E-state index in [-0.39, 0.29) is 11.6 Å². The summed E-state index contributed by atoms with van der Waals surface area (Å²) in [5.74, 6) is 0.733. The van der Waals surface area contributed by atoms with Crippen molar-refractivity contribution in [3.63, 3.8) is 0 Å². The molecule has 0 bridgehead atoms. The van der Waals surface area contributed by atoms with Gasteiger partial charge in [-0.1, -0.05) is 18.2 Å². The summed E-state index contributed by atoms with van der Waals surface area (Å²) in [6.07, 6.45) is 0.415. The van der Waals surface area contributed by atoms with Gasteiger partial charge in [0.05, 0.1) is 11.3 Å². The van der Waals surface area contributed by atoms with Gasteiger partial charge in [0.2, 0.25) is 5.91 Å². The molecule has 6 heteroatoms. The second-order valence-corrected chi connectivity index (χ2v) is 5.74. The molecule has 0 radical (unpaired) electrons. The Balaban J connectivity index is 1.73. The number of carbonyl (C=O) groups excluding carboxylic acids is 1. The van der Waals surface area contributed by atoms with Crippen LogP contribution in [0.5, 0.6) is 0 Å². The molecule has 1 amide bonds. The molecule has 1 N–H and O–H groups in total. The summed E-state index contributed by atoms with van der Waals surface area (Å²) < 4.78 is 0. The molecule has 2 aromatic carbocycles. The number of nitro benzene ring substituents is 1. The normalized spacial score (nSPS) is 12.9. The number of nitro groups is 1. The molecule has 0 saturated carbocycles. The van der Waals surface area contributed by atoms with Crippen LogP contribution in [-0.4, -0.2) is 10.8 Å². The fourth-order valence-corrected chi connectivity index (χ4v) is 3.28. The lowest BCUT2D eigenvalue weighted by molar-refractivity contribution is -0.384. The fraction of sp³-hybridized carbons (Fsp3) is 0.133. The van der Waals surface area contributed by atoms with Crippen molar-refractivity contribution in [2.75, 3.05) is 5.32 Å². The molecule has 0 atom stereocenters. The zero-order chi connectivity index (χ0) is 14.8. The summed E-state index contributed by atoms with van der Waals surface area (Å²) >= 11 is 1.63. The third kappa shape index (κ3) is 2.90. The average molecular weight is 300 g/mol. The van der Waals surface area contributed by atoms with Crippen LogP contribution in [0.1, 0.15) is 11.1 Å². The van der Waals surface area contributed by atoms with Crippen LogP contribution < -0.4 is 5.32 Å². The maximum atomic E-state index is 11.4. The Morgan fingerprint density at radius 1 is 1.19 bits per heavy atom. The van der Waals surface area contributed by atoms with Crippen LogP contribution in [0.15, 0.2) is 47.4 Å². The molecule has 1 heterocycles. The van der Waals surface area contributed by atoms with Gasteiger partial charge in [-0.05, 0) is 23.3 Å². The van der Waals surface area contributed by atoms with Gasteiger partial charge in [-0.25, -0.2) is 0 Å². The standard InChI is InChI=1S/C15H12N2O3S/c18-15-8-12-13(16-15)2-1-3-14(12)21-9-10-4-6-11(7-5-10)17(19)20/h1-7H,8-9H2,(H,16,18). The van der Waals surface area contributed by atoms with Crippen LogP contribution in [0.2, 0.25) is 0 Å². The Hall–Kier alpha value is -2.34. The van der Waals surface area contributed by atoms with Crippen LogP contribution in [0, 0.1) is 10.1 Å². The summed E-state index contributed by atoms with van der Waals surface area (Å²) in [6, 6.07) is 12.4. The van der Waals surface area contributed by atoms with E-state index in [9.17, 15) is 14.9 Å². The van der Waals surface area contributed by atoms with Gasteiger partial charge >= 0.3 is 0 Å². The van der Waals surface area contributed by atoms with Gasteiger partial charge in [0.25, 0.3) is 5.69 Å². The van der Waals surface area contributed by atoms with E-state index in [0.717, 1.165) is 21.7 Å². The van der Waals surface area contributed by atoms with E-state index >= 15 is 0 Å². The third-order valence-corrected chi connectivity index (χ3v) is 4.46. The quantitative estimate of drug-likeness (QED) is 0.534. The molecule has 3 rings (SSSR count). The topological polar surface area (TPSA) is 72.2 Å². The molecule has 0 spiro atoms. The molecule has 1 aliphatic heterocycles. The first-order chi connectivity index (χ1) is 10.1. The predicted molar refractivity (Wildman–Crippen MR) is 81.4 cm³/mol. The molecule has 0 fully saturated rings. The van der Waals surface area contributed by atoms with Gasteiger partial charge in [0.15, 0.2) is 0 Å². The Morgan fingerprint density at radius 2 is 1.95 bits per heavy atom. The number of hydrogen-bond donors (Lipinski definition) is 1. The number of fused-ring (bicyclic) bond motifs is 1. The molecule has 1 aliphatic rings. The van der Waals surface area contributed by atoms with Crippen LogP contribution >= 0.6 is 11.8 Å². The van der Waals surface area contributed by atoms with Crippen molar-refractivity contribution in [3.8, 4) is 0 Å². The molecule has 106 valence electrons. The first-order valence-electron chi connectivity index (χ1n) is 6.41. The molecule has 0 aliphatic carbocycles. The molecular weight excluding hydrogens is 288 g/mol. The summed E-state index contributed by atoms with van der Waals surface area (Å²) in [7, 11) is 0. The van der Waals surface area contributed by atoms with Gasteiger partial charge in [-0.2, -0.15) is 0 Å². The van der Waals surface area contributed by atoms with Crippen molar-refractivity contribution in [2.24, 2.45) is 0 Å². The Morgan fingerprint density at radius 3 is 2.67 bits per heavy atom. The van der Waals surface area contributed by atoms with Crippen molar-refractivity contribution in [1.82, 2.24) is 0 Å². The van der Waals surface area contributed by atoms with E-state index in [1.54, 1.807) is 23.9 Å². The summed E-state index contributed by atoms with van der Waals surface area (Å²) in [6.45, 7) is 0. The molecule has 21 heavy (non-hydrogen) atoms. The highest BCUT2D eigenvalue weighted by Crippen LogP contribution is 2.34. The van der Waals surface area contributed by atoms with E-state index < -0.39 is 4.92 Å². The van der Waals surface area contributed by atoms with Crippen LogP contribution in [0.4, 0.5) is 11.4 Å². The lowest BCUT2D eigenvalue weighted by Gasteiger charge is -2.07. The number of carbonyl (C=O) groups is 1. The van der Waals surface area contributed by atoms with Crippen LogP contribution in [0.3, 0.4) is 0 Å². The number of thioether (sulfide) groups is 1. The van der Waals surface area contributed by atoms with Crippen molar-refractivity contribution >= 4 is 29.0 Å². The lowest BCUT2D eigenvalue weighted by Crippen LogP contribution is -2.03. The van der Waals surface area contributed by atoms with Crippen molar-refractivity contribution in [1.29, 1.82) is 0 Å². The van der Waals surface area contributed by atoms with E-state index in [1.807, 2.05) is 18.2 Å². The minimum atomic E-state index is -0.404. The second kappa shape index (κ2) is 5.57. The van der Waals surface area contributed by atoms with Crippen LogP contribution in [0.25, 0.3) is 0 Å². The van der Waals surface area contributed by atoms with E-state index in [0.29, 0.717) is 12.2 Å². The number of amides is 1. The first-order valence-corrected chi connectivity index (χ1v) is 7.40. The second-order valence-electron chi connectivity index (χ2n) is 4.72. The Labute approximate surface area is 125 Å². The largest absolute Gasteiger partial charge is 0.325 e. The monoisotopic (exact) mass is 300 g/mol. The smallest absolute Gasteiger partial charge is 0.269 e. The van der Waals surface area contributed by atoms with Gasteiger partial charge in [-0.3, -0.25) is 14.9 Å². The number of hydrogen-bond acceptors (Lipinski definition) is 4. The zero-order valence-electron chi connectivity index (χ0n) is 11.0. The molecule has 0 unspecified atom stereocenters. The number of nitrogens with zero attached hydrogens (tertiary/aromatic N) is 1. The van der Waals surface area contributed by atoms with Gasteiger partial charge in [0.1, 0.15) is 0 Å². The average Bonchev–Trinajstić information content (AvgIpc) is 2.86. The lowest BCUT2D eigenvalue weighted by atomic mass is 10.2. The van der Waals surface area contributed by atoms with Crippen molar-refractivity contribution in [3.05, 3.63) is 63.7 Å². The van der Waals surface area contributed by atoms with E-state index in [4.69, 9.17) is 0 Å². The minimum absolute atomic E-state index is 0.0217. The highest BCUT2D eigenvalue weighted by atomic mass is 32.2. The zero-order valence-corrected chi connectivity index (χ0v) is 11.9. The maximum absolute atomic E-state index is 11.4. The number of nitrogens with one attached hydrogen (secondary N) is 1. The SMILES string of the molecule is O=C1Cc2c(cccc2SCc2ccc([N+](=O)[O-])cc2)N1. The maximum Gasteiger partial charge on any atom is 0.269 e. The number of rotatable bonds is 4. The number of non-ortho nitro benzene ring substituents is 1. The van der Waals surface area contributed by atoms with Crippen molar-refractivity contribution in [2.45, 2.75) is 17.1 Å². The summed E-state index contributed by atoms with van der Waals surface area (Å²) in [4.78, 5) is 22.7. The highest BCUT2D eigenvalue weighted by Gasteiger charge is 2.20. The summed E-state index contributed by atoms with van der Waals surface area (Å²) in [5.41, 5.74) is 3.03. The first kappa shape index (κ1) is 13.6. The van der Waals surface area contributed by atoms with E-state index in [2.05, 4.69) is 5.32 Å². The van der Waals surface area contributed by atoms with E-state index in [1.165, 1.54) is 12.1 Å².